The number of fused-ring (bicyclic) bond motifs is 3. The number of nitrogens with zero attached hydrogens (tertiary/aromatic N) is 1. The number of aliphatic hydroxyl groups excluding tert-OH is 1. The highest BCUT2D eigenvalue weighted by Crippen LogP contribution is 2.40. The normalized spacial score (nSPS) is 27.3. The van der Waals surface area contributed by atoms with E-state index in [0.717, 1.165) is 49.0 Å². The molecule has 14 atom stereocenters. The van der Waals surface area contributed by atoms with Crippen molar-refractivity contribution < 1.29 is 91.2 Å². The number of esters is 5. The quantitative estimate of drug-likeness (QED) is 0.0188. The zero-order valence-corrected chi connectivity index (χ0v) is 67.5. The molecule has 0 spiro atoms. The van der Waals surface area contributed by atoms with Crippen molar-refractivity contribution in [3.05, 3.63) is 36.0 Å². The molecule has 0 radical (unpaired) electrons. The minimum Gasteiger partial charge on any atom is -0.462 e. The van der Waals surface area contributed by atoms with Crippen molar-refractivity contribution >= 4 is 47.3 Å². The number of Topliss-reactive ketones (excluding diaryl/α,β-unsaturated/α-hetero) is 2. The lowest BCUT2D eigenvalue weighted by Crippen LogP contribution is -2.64. The minimum atomic E-state index is -2.60. The number of hydrogen-bond donors (Lipinski definition) is 2. The number of methoxy groups -OCH3 is 3. The predicted molar refractivity (Wildman–Crippen MR) is 412 cm³/mol. The van der Waals surface area contributed by atoms with Gasteiger partial charge < -0.3 is 57.7 Å². The smallest absolute Gasteiger partial charge is 0.329 e. The number of amides is 1. The Morgan fingerprint density at radius 2 is 1.09 bits per heavy atom. The number of unbranched alkanes of at least 4 members (excludes halogenated alkanes) is 26. The number of ketones is 2. The maximum absolute atomic E-state index is 15.1. The summed E-state index contributed by atoms with van der Waals surface area (Å²) in [4.78, 5) is 115. The lowest BCUT2D eigenvalue weighted by atomic mass is 9.81. The van der Waals surface area contributed by atoms with Gasteiger partial charge in [-0.25, -0.2) is 4.79 Å². The van der Waals surface area contributed by atoms with E-state index >= 15 is 4.79 Å². The van der Waals surface area contributed by atoms with Gasteiger partial charge in [-0.2, -0.15) is 0 Å². The molecule has 3 aliphatic heterocycles. The lowest BCUT2D eigenvalue weighted by Gasteiger charge is -2.47. The molecule has 2 saturated heterocycles. The van der Waals surface area contributed by atoms with Crippen LogP contribution in [0.1, 0.15) is 331 Å². The molecule has 3 fully saturated rings. The first-order chi connectivity index (χ1) is 51.0. The molecule has 608 valence electrons. The number of carbonyl (C=O) groups is 8. The van der Waals surface area contributed by atoms with Crippen molar-refractivity contribution in [1.29, 1.82) is 0 Å². The van der Waals surface area contributed by atoms with E-state index in [2.05, 4.69) is 20.4 Å². The van der Waals surface area contributed by atoms with Crippen LogP contribution in [0, 0.1) is 29.6 Å². The van der Waals surface area contributed by atoms with Gasteiger partial charge in [0, 0.05) is 77.7 Å². The fraction of sp³-hybridized carbons (Fsp3) is 0.837. The van der Waals surface area contributed by atoms with Gasteiger partial charge in [0.05, 0.1) is 24.4 Å². The Bertz CT molecular complexity index is 2580. The summed E-state index contributed by atoms with van der Waals surface area (Å²) >= 11 is 0. The van der Waals surface area contributed by atoms with Crippen molar-refractivity contribution in [2.24, 2.45) is 29.6 Å². The van der Waals surface area contributed by atoms with Gasteiger partial charge in [0.25, 0.3) is 11.7 Å². The Morgan fingerprint density at radius 1 is 0.613 bits per heavy atom. The molecule has 2 N–H and O–H groups in total. The van der Waals surface area contributed by atoms with Gasteiger partial charge in [0.15, 0.2) is 6.10 Å². The van der Waals surface area contributed by atoms with Crippen LogP contribution >= 0.6 is 0 Å². The molecule has 0 aromatic rings. The molecule has 2 bridgehead atoms. The van der Waals surface area contributed by atoms with E-state index in [-0.39, 0.29) is 88.7 Å². The second-order valence-electron chi connectivity index (χ2n) is 31.8. The summed E-state index contributed by atoms with van der Waals surface area (Å²) < 4.78 is 54.1. The standard InChI is InChI=1S/C86H145NO19/c1-12-15-17-19-21-23-25-27-29-31-33-35-38-46-77(90)101-60-69(61-102-78(91)47-39-36-34-32-30-28-26-24-22-20-18-16-13-2)103-79(92)48-40-37-41-49-80(93)104-73-59-72(89)68(44-14-3)54-62(4)53-63(5)55-75(99-10)82-76(100-11)57-65(7)86(97,106-82)83(94)84(95)87-52-43-42-45-70(87)85(96)105-81(66(73)8)64(6)56-67-50-51-71(88)74(58-67)98-9/h14,54,56,63,65-71,73-76,81-82,88,97H,3,12-13,15-53,55,57-61H2,1-2,4-11H3/b62-54+,64-56+/t63-,65+,66+,67?,68+,70-,71+,73-,74+,75-,76-,81+,82+,86+/m0/s1. The van der Waals surface area contributed by atoms with Gasteiger partial charge in [-0.3, -0.25) is 33.6 Å². The van der Waals surface area contributed by atoms with E-state index < -0.39 is 120 Å². The fourth-order valence-electron chi connectivity index (χ4n) is 16.0. The highest BCUT2D eigenvalue weighted by atomic mass is 16.7. The molecule has 20 nitrogen and oxygen atoms in total. The molecular weight excluding hydrogens is 1350 g/mol. The predicted octanol–water partition coefficient (Wildman–Crippen LogP) is 17.1. The lowest BCUT2D eigenvalue weighted by molar-refractivity contribution is -0.302. The molecule has 4 rings (SSSR count). The van der Waals surface area contributed by atoms with E-state index in [1.165, 1.54) is 130 Å². The Morgan fingerprint density at radius 3 is 1.60 bits per heavy atom. The molecule has 0 aromatic carbocycles. The van der Waals surface area contributed by atoms with Crippen molar-refractivity contribution in [2.75, 3.05) is 41.1 Å². The average Bonchev–Trinajstić information content (AvgIpc) is 0.776. The molecule has 106 heavy (non-hydrogen) atoms. The van der Waals surface area contributed by atoms with E-state index in [0.29, 0.717) is 82.6 Å². The highest BCUT2D eigenvalue weighted by molar-refractivity contribution is 6.39. The van der Waals surface area contributed by atoms with E-state index in [9.17, 15) is 43.8 Å². The van der Waals surface area contributed by atoms with E-state index in [1.807, 2.05) is 26.0 Å². The number of carbonyl (C=O) groups excluding carboxylic acids is 8. The number of hydrogen-bond acceptors (Lipinski definition) is 19. The van der Waals surface area contributed by atoms with Crippen LogP contribution < -0.4 is 0 Å². The number of aliphatic hydroxyl groups is 2. The Balaban J connectivity index is 1.51. The third-order valence-corrected chi connectivity index (χ3v) is 22.5. The summed E-state index contributed by atoms with van der Waals surface area (Å²) in [7, 11) is 4.57. The molecule has 0 aromatic heterocycles. The summed E-state index contributed by atoms with van der Waals surface area (Å²) in [5.41, 5.74) is 1.46. The molecule has 4 aliphatic rings. The van der Waals surface area contributed by atoms with Gasteiger partial charge in [0.1, 0.15) is 43.4 Å². The number of cyclic esters (lactones) is 1. The van der Waals surface area contributed by atoms with Crippen LogP contribution in [-0.2, 0) is 81.0 Å². The fourth-order valence-corrected chi connectivity index (χ4v) is 16.0. The maximum Gasteiger partial charge on any atom is 0.329 e. The van der Waals surface area contributed by atoms with Crippen molar-refractivity contribution in [3.8, 4) is 0 Å². The first-order valence-corrected chi connectivity index (χ1v) is 42.0. The molecule has 1 aliphatic carbocycles. The number of allylic oxidation sites excluding steroid dienone is 4. The largest absolute Gasteiger partial charge is 0.462 e. The first-order valence-electron chi connectivity index (χ1n) is 42.0. The van der Waals surface area contributed by atoms with Gasteiger partial charge in [-0.15, -0.1) is 6.58 Å². The molecule has 20 heteroatoms. The maximum atomic E-state index is 15.1. The van der Waals surface area contributed by atoms with E-state index in [1.54, 1.807) is 34.0 Å². The number of piperidine rings is 1. The molecule has 3 heterocycles. The zero-order valence-electron chi connectivity index (χ0n) is 67.5. The van der Waals surface area contributed by atoms with Crippen LogP contribution in [-0.4, -0.2) is 164 Å². The van der Waals surface area contributed by atoms with Crippen molar-refractivity contribution in [3.63, 3.8) is 0 Å². The van der Waals surface area contributed by atoms with Gasteiger partial charge >= 0.3 is 29.8 Å². The summed E-state index contributed by atoms with van der Waals surface area (Å²) in [5.74, 6) is -10.7. The summed E-state index contributed by atoms with van der Waals surface area (Å²) in [6.07, 6.45) is 34.6. The second kappa shape index (κ2) is 53.9. The molecule has 1 amide bonds. The summed E-state index contributed by atoms with van der Waals surface area (Å²) in [6, 6.07) is -1.26. The Hall–Kier alpha value is -4.86. The Kier molecular flexibility index (Phi) is 47.5. The first kappa shape index (κ1) is 93.5. The second-order valence-corrected chi connectivity index (χ2v) is 31.8. The highest BCUT2D eigenvalue weighted by Gasteiger charge is 2.57. The SMILES string of the molecule is C=CC[C@@H]1/C=C(\C)C[C@H](C)C[C@H](OC)[C@H]2O[C@@](O)(C(=O)C(=O)N3CCCC[C@H]3C(=O)O[C@H](/C(C)=C/C3CC[C@@H](O)[C@H](OC)C3)[C@H](C)[C@@H](OC(=O)CCCCCC(=O)OC(COC(=O)CCCCCCCCCCCCCCC)COC(=O)CCCCCCCCCCCCCCC)CC1=O)[C@H](C)C[C@@H]2OC. The van der Waals surface area contributed by atoms with Gasteiger partial charge in [-0.05, 0) is 121 Å². The topological polar surface area (TPSA) is 263 Å². The third-order valence-electron chi connectivity index (χ3n) is 22.5. The minimum absolute atomic E-state index is 0.00986. The molecule has 1 unspecified atom stereocenters. The molecule has 1 saturated carbocycles. The van der Waals surface area contributed by atoms with E-state index in [4.69, 9.17) is 42.6 Å². The van der Waals surface area contributed by atoms with Crippen LogP contribution in [0.3, 0.4) is 0 Å². The van der Waals surface area contributed by atoms with Crippen molar-refractivity contribution in [2.45, 2.75) is 392 Å². The summed E-state index contributed by atoms with van der Waals surface area (Å²) in [6.45, 7) is 17.1. The van der Waals surface area contributed by atoms with Crippen LogP contribution in [0.2, 0.25) is 0 Å². The van der Waals surface area contributed by atoms with Crippen molar-refractivity contribution in [1.82, 2.24) is 4.90 Å². The zero-order chi connectivity index (χ0) is 77.7. The average molecular weight is 1500 g/mol. The number of ether oxygens (including phenoxy) is 9. The van der Waals surface area contributed by atoms with Crippen LogP contribution in [0.5, 0.6) is 0 Å². The summed E-state index contributed by atoms with van der Waals surface area (Å²) in [5, 5.41) is 23.2. The third kappa shape index (κ3) is 35.0. The van der Waals surface area contributed by atoms with Crippen LogP contribution in [0.15, 0.2) is 36.0 Å². The Labute approximate surface area is 638 Å². The number of rotatable bonds is 47. The molecular formula is C86H145NO19. The van der Waals surface area contributed by atoms with Gasteiger partial charge in [-0.1, -0.05) is 219 Å². The van der Waals surface area contributed by atoms with Gasteiger partial charge in [0.2, 0.25) is 5.79 Å². The van der Waals surface area contributed by atoms with Crippen LogP contribution in [0.4, 0.5) is 0 Å². The monoisotopic (exact) mass is 1500 g/mol. The van der Waals surface area contributed by atoms with Crippen LogP contribution in [0.25, 0.3) is 0 Å².